The van der Waals surface area contributed by atoms with E-state index >= 15 is 0 Å². The number of nitrogens with zero attached hydrogens (tertiary/aromatic N) is 2. The van der Waals surface area contributed by atoms with Gasteiger partial charge in [0, 0.05) is 10.4 Å². The van der Waals surface area contributed by atoms with Crippen molar-refractivity contribution in [3.8, 4) is 20.2 Å². The highest BCUT2D eigenvalue weighted by Gasteiger charge is 2.33. The molecule has 0 bridgehead atoms. The molecular weight excluding hydrogens is 332 g/mol. The molecule has 0 saturated heterocycles. The predicted octanol–water partition coefficient (Wildman–Crippen LogP) is 5.02. The maximum Gasteiger partial charge on any atom is 0.365 e. The first-order chi connectivity index (χ1) is 10.1. The fourth-order valence-electron chi connectivity index (χ4n) is 1.92. The second kappa shape index (κ2) is 5.35. The van der Waals surface area contributed by atoms with Crippen LogP contribution in [0.5, 0.6) is 0 Å². The molecule has 21 heavy (non-hydrogen) atoms. The number of rotatable bonds is 4. The van der Waals surface area contributed by atoms with Gasteiger partial charge >= 0.3 is 11.4 Å². The van der Waals surface area contributed by atoms with Crippen molar-refractivity contribution < 1.29 is 9.85 Å². The summed E-state index contributed by atoms with van der Waals surface area (Å²) in [5.41, 5.74) is -0.00867. The molecule has 6 nitrogen and oxygen atoms in total. The van der Waals surface area contributed by atoms with E-state index in [2.05, 4.69) is 0 Å². The topological polar surface area (TPSA) is 86.3 Å². The van der Waals surface area contributed by atoms with Crippen LogP contribution in [0.3, 0.4) is 0 Å². The SMILES string of the molecule is O=[N+]([O-])c1csc(-c2sccc2-c2cccs2)c1[N+](=O)[O-]. The Bertz CT molecular complexity index is 820. The van der Waals surface area contributed by atoms with E-state index in [9.17, 15) is 20.2 Å². The summed E-state index contributed by atoms with van der Waals surface area (Å²) >= 11 is 3.91. The summed E-state index contributed by atoms with van der Waals surface area (Å²) in [5.74, 6) is 0. The molecule has 0 aliphatic heterocycles. The van der Waals surface area contributed by atoms with Crippen LogP contribution in [0.4, 0.5) is 11.4 Å². The minimum absolute atomic E-state index is 0.338. The predicted molar refractivity (Wildman–Crippen MR) is 84.3 cm³/mol. The molecule has 3 aromatic rings. The smallest absolute Gasteiger partial charge is 0.258 e. The van der Waals surface area contributed by atoms with Gasteiger partial charge in [-0.2, -0.15) is 0 Å². The molecule has 106 valence electrons. The summed E-state index contributed by atoms with van der Waals surface area (Å²) in [6.07, 6.45) is 0. The molecule has 9 heteroatoms. The largest absolute Gasteiger partial charge is 0.365 e. The highest BCUT2D eigenvalue weighted by molar-refractivity contribution is 7.22. The van der Waals surface area contributed by atoms with Gasteiger partial charge in [0.2, 0.25) is 0 Å². The van der Waals surface area contributed by atoms with Crippen molar-refractivity contribution in [2.24, 2.45) is 0 Å². The fourth-order valence-corrected chi connectivity index (χ4v) is 4.82. The molecule has 0 aromatic carbocycles. The lowest BCUT2D eigenvalue weighted by Crippen LogP contribution is -1.94. The molecule has 3 aromatic heterocycles. The van der Waals surface area contributed by atoms with Crippen molar-refractivity contribution in [2.75, 3.05) is 0 Å². The molecule has 0 spiro atoms. The number of thiophene rings is 3. The van der Waals surface area contributed by atoms with E-state index in [0.717, 1.165) is 21.8 Å². The summed E-state index contributed by atoms with van der Waals surface area (Å²) in [5, 5.41) is 27.1. The van der Waals surface area contributed by atoms with E-state index in [1.807, 2.05) is 29.0 Å². The zero-order chi connectivity index (χ0) is 15.0. The Kier molecular flexibility index (Phi) is 3.53. The first-order valence-corrected chi connectivity index (χ1v) is 8.25. The van der Waals surface area contributed by atoms with Crippen molar-refractivity contribution >= 4 is 45.4 Å². The molecule has 0 N–H and O–H groups in total. The van der Waals surface area contributed by atoms with Gasteiger partial charge in [0.25, 0.3) is 0 Å². The fraction of sp³-hybridized carbons (Fsp3) is 0. The molecule has 0 unspecified atom stereocenters. The Morgan fingerprint density at radius 2 is 1.71 bits per heavy atom. The van der Waals surface area contributed by atoms with Crippen LogP contribution in [0.1, 0.15) is 0 Å². The number of hydrogen-bond donors (Lipinski definition) is 0. The van der Waals surface area contributed by atoms with E-state index in [1.165, 1.54) is 28.1 Å². The molecule has 0 fully saturated rings. The zero-order valence-corrected chi connectivity index (χ0v) is 12.7. The van der Waals surface area contributed by atoms with Gasteiger partial charge in [-0.1, -0.05) is 6.07 Å². The quantitative estimate of drug-likeness (QED) is 0.493. The molecule has 3 heterocycles. The molecular formula is C12H6N2O4S3. The summed E-state index contributed by atoms with van der Waals surface area (Å²) in [6.45, 7) is 0. The summed E-state index contributed by atoms with van der Waals surface area (Å²) in [4.78, 5) is 22.8. The van der Waals surface area contributed by atoms with E-state index < -0.39 is 21.2 Å². The maximum atomic E-state index is 11.2. The van der Waals surface area contributed by atoms with Crippen LogP contribution in [-0.2, 0) is 0 Å². The first-order valence-electron chi connectivity index (χ1n) is 5.61. The maximum absolute atomic E-state index is 11.2. The van der Waals surface area contributed by atoms with Crippen LogP contribution in [0.2, 0.25) is 0 Å². The molecule has 0 radical (unpaired) electrons. The Balaban J connectivity index is 2.21. The van der Waals surface area contributed by atoms with E-state index in [4.69, 9.17) is 0 Å². The Labute approximate surface area is 130 Å². The van der Waals surface area contributed by atoms with E-state index in [1.54, 1.807) is 0 Å². The number of nitro groups is 2. The van der Waals surface area contributed by atoms with Gasteiger partial charge in [-0.3, -0.25) is 20.2 Å². The second-order valence-electron chi connectivity index (χ2n) is 3.95. The third-order valence-electron chi connectivity index (χ3n) is 2.78. The van der Waals surface area contributed by atoms with Gasteiger partial charge in [-0.15, -0.1) is 34.0 Å². The van der Waals surface area contributed by atoms with Gasteiger partial charge < -0.3 is 0 Å². The standard InChI is InChI=1S/C12H6N2O4S3/c15-13(16)8-6-21-12(10(8)14(17)18)11-7(3-5-20-11)9-2-1-4-19-9/h1-6H. The van der Waals surface area contributed by atoms with Gasteiger partial charge in [0.05, 0.1) is 20.1 Å². The monoisotopic (exact) mass is 338 g/mol. The molecule has 0 amide bonds. The Hall–Kier alpha value is -2.10. The zero-order valence-electron chi connectivity index (χ0n) is 10.2. The average molecular weight is 338 g/mol. The van der Waals surface area contributed by atoms with Gasteiger partial charge in [0.15, 0.2) is 0 Å². The Morgan fingerprint density at radius 1 is 0.905 bits per heavy atom. The van der Waals surface area contributed by atoms with Crippen molar-refractivity contribution in [3.05, 3.63) is 54.6 Å². The summed E-state index contributed by atoms with van der Waals surface area (Å²) in [7, 11) is 0. The lowest BCUT2D eigenvalue weighted by molar-refractivity contribution is -0.421. The van der Waals surface area contributed by atoms with Gasteiger partial charge in [-0.05, 0) is 22.9 Å². The highest BCUT2D eigenvalue weighted by Crippen LogP contribution is 2.49. The lowest BCUT2D eigenvalue weighted by Gasteiger charge is -1.99. The molecule has 0 saturated carbocycles. The van der Waals surface area contributed by atoms with Crippen molar-refractivity contribution in [1.82, 2.24) is 0 Å². The molecule has 0 atom stereocenters. The summed E-state index contributed by atoms with van der Waals surface area (Å²) in [6, 6.07) is 5.69. The normalized spacial score (nSPS) is 10.7. The molecule has 0 aliphatic rings. The summed E-state index contributed by atoms with van der Waals surface area (Å²) < 4.78 is 0. The van der Waals surface area contributed by atoms with Crippen molar-refractivity contribution in [3.63, 3.8) is 0 Å². The van der Waals surface area contributed by atoms with Crippen LogP contribution in [0.25, 0.3) is 20.2 Å². The number of hydrogen-bond acceptors (Lipinski definition) is 7. The minimum Gasteiger partial charge on any atom is -0.258 e. The van der Waals surface area contributed by atoms with Crippen LogP contribution in [-0.4, -0.2) is 9.85 Å². The van der Waals surface area contributed by atoms with Crippen molar-refractivity contribution in [1.29, 1.82) is 0 Å². The van der Waals surface area contributed by atoms with Crippen LogP contribution < -0.4 is 0 Å². The van der Waals surface area contributed by atoms with Crippen LogP contribution in [0, 0.1) is 20.2 Å². The van der Waals surface area contributed by atoms with E-state index in [0.29, 0.717) is 9.75 Å². The Morgan fingerprint density at radius 3 is 2.33 bits per heavy atom. The van der Waals surface area contributed by atoms with E-state index in [-0.39, 0.29) is 0 Å². The van der Waals surface area contributed by atoms with Crippen LogP contribution >= 0.6 is 34.0 Å². The van der Waals surface area contributed by atoms with Gasteiger partial charge in [0.1, 0.15) is 4.88 Å². The van der Waals surface area contributed by atoms with Crippen molar-refractivity contribution in [2.45, 2.75) is 0 Å². The third-order valence-corrected chi connectivity index (χ3v) is 5.72. The minimum atomic E-state index is -0.712. The highest BCUT2D eigenvalue weighted by atomic mass is 32.1. The first kappa shape index (κ1) is 13.9. The molecule has 3 rings (SSSR count). The second-order valence-corrected chi connectivity index (χ2v) is 6.70. The average Bonchev–Trinajstić information content (AvgIpc) is 3.17. The third kappa shape index (κ3) is 2.35. The van der Waals surface area contributed by atoms with Gasteiger partial charge in [-0.25, -0.2) is 0 Å². The molecule has 0 aliphatic carbocycles. The van der Waals surface area contributed by atoms with Crippen LogP contribution in [0.15, 0.2) is 34.3 Å². The lowest BCUT2D eigenvalue weighted by atomic mass is 10.2.